The standard InChI is InChI=1S/C16H25N3O/c1-6-13-16(14(7-2)19(5)18-13)12-8-9-20-15(12)10-17-11(3)4/h8-9,11,17H,6-7,10H2,1-5H3. The SMILES string of the molecule is CCc1nn(C)c(CC)c1-c1ccoc1CNC(C)C. The molecule has 2 aromatic rings. The Labute approximate surface area is 121 Å². The van der Waals surface area contributed by atoms with Gasteiger partial charge in [0.15, 0.2) is 0 Å². The molecule has 0 atom stereocenters. The number of nitrogens with one attached hydrogen (secondary N) is 1. The van der Waals surface area contributed by atoms with E-state index in [4.69, 9.17) is 4.42 Å². The average Bonchev–Trinajstić information content (AvgIpc) is 2.99. The monoisotopic (exact) mass is 275 g/mol. The highest BCUT2D eigenvalue weighted by Crippen LogP contribution is 2.32. The number of hydrogen-bond donors (Lipinski definition) is 1. The van der Waals surface area contributed by atoms with Crippen LogP contribution in [0.5, 0.6) is 0 Å². The number of aromatic nitrogens is 2. The normalized spacial score (nSPS) is 11.5. The third kappa shape index (κ3) is 2.80. The molecule has 0 aliphatic carbocycles. The summed E-state index contributed by atoms with van der Waals surface area (Å²) in [5.41, 5.74) is 4.86. The Morgan fingerprint density at radius 1 is 1.30 bits per heavy atom. The third-order valence-corrected chi connectivity index (χ3v) is 3.59. The summed E-state index contributed by atoms with van der Waals surface area (Å²) in [6.45, 7) is 9.36. The fraction of sp³-hybridized carbons (Fsp3) is 0.562. The molecular formula is C16H25N3O. The summed E-state index contributed by atoms with van der Waals surface area (Å²) in [6.07, 6.45) is 3.69. The molecule has 0 aliphatic rings. The Morgan fingerprint density at radius 2 is 2.05 bits per heavy atom. The van der Waals surface area contributed by atoms with Gasteiger partial charge in [-0.15, -0.1) is 0 Å². The highest BCUT2D eigenvalue weighted by atomic mass is 16.3. The first-order valence-electron chi connectivity index (χ1n) is 7.43. The van der Waals surface area contributed by atoms with Crippen molar-refractivity contribution >= 4 is 0 Å². The van der Waals surface area contributed by atoms with Gasteiger partial charge in [0, 0.05) is 29.9 Å². The maximum atomic E-state index is 5.68. The van der Waals surface area contributed by atoms with Crippen molar-refractivity contribution in [1.82, 2.24) is 15.1 Å². The minimum absolute atomic E-state index is 0.443. The lowest BCUT2D eigenvalue weighted by molar-refractivity contribution is 0.466. The van der Waals surface area contributed by atoms with Crippen LogP contribution >= 0.6 is 0 Å². The van der Waals surface area contributed by atoms with Crippen LogP contribution in [0.4, 0.5) is 0 Å². The van der Waals surface area contributed by atoms with E-state index < -0.39 is 0 Å². The molecule has 0 radical (unpaired) electrons. The van der Waals surface area contributed by atoms with Crippen molar-refractivity contribution in [2.45, 2.75) is 53.1 Å². The summed E-state index contributed by atoms with van der Waals surface area (Å²) < 4.78 is 7.68. The quantitative estimate of drug-likeness (QED) is 0.879. The van der Waals surface area contributed by atoms with Gasteiger partial charge in [-0.25, -0.2) is 0 Å². The molecule has 0 fully saturated rings. The van der Waals surface area contributed by atoms with E-state index in [0.717, 1.165) is 30.8 Å². The molecule has 0 unspecified atom stereocenters. The van der Waals surface area contributed by atoms with Crippen molar-refractivity contribution in [2.75, 3.05) is 0 Å². The largest absolute Gasteiger partial charge is 0.467 e. The zero-order valence-corrected chi connectivity index (χ0v) is 13.2. The zero-order valence-electron chi connectivity index (χ0n) is 13.2. The first-order valence-corrected chi connectivity index (χ1v) is 7.43. The van der Waals surface area contributed by atoms with Crippen LogP contribution in [-0.4, -0.2) is 15.8 Å². The summed E-state index contributed by atoms with van der Waals surface area (Å²) >= 11 is 0. The zero-order chi connectivity index (χ0) is 14.7. The molecule has 0 spiro atoms. The molecule has 4 heteroatoms. The van der Waals surface area contributed by atoms with E-state index >= 15 is 0 Å². The van der Waals surface area contributed by atoms with Gasteiger partial charge in [0.2, 0.25) is 0 Å². The molecule has 1 N–H and O–H groups in total. The first kappa shape index (κ1) is 14.9. The molecule has 2 rings (SSSR count). The second-order valence-corrected chi connectivity index (χ2v) is 5.39. The van der Waals surface area contributed by atoms with Gasteiger partial charge in [-0.2, -0.15) is 5.10 Å². The molecule has 2 aromatic heterocycles. The number of rotatable bonds is 6. The van der Waals surface area contributed by atoms with Crippen LogP contribution < -0.4 is 5.32 Å². The second kappa shape index (κ2) is 6.27. The molecule has 2 heterocycles. The predicted octanol–water partition coefficient (Wildman–Crippen LogP) is 3.30. The molecule has 0 saturated carbocycles. The first-order chi connectivity index (χ1) is 9.58. The van der Waals surface area contributed by atoms with E-state index in [-0.39, 0.29) is 0 Å². The van der Waals surface area contributed by atoms with Gasteiger partial charge in [-0.1, -0.05) is 27.7 Å². The van der Waals surface area contributed by atoms with Crippen LogP contribution in [-0.2, 0) is 26.4 Å². The molecule has 110 valence electrons. The summed E-state index contributed by atoms with van der Waals surface area (Å²) in [4.78, 5) is 0. The minimum atomic E-state index is 0.443. The number of nitrogens with zero attached hydrogens (tertiary/aromatic N) is 2. The highest BCUT2D eigenvalue weighted by Gasteiger charge is 2.19. The molecule has 0 amide bonds. The van der Waals surface area contributed by atoms with Gasteiger partial charge >= 0.3 is 0 Å². The highest BCUT2D eigenvalue weighted by molar-refractivity contribution is 5.70. The van der Waals surface area contributed by atoms with Gasteiger partial charge in [0.1, 0.15) is 5.76 Å². The van der Waals surface area contributed by atoms with E-state index in [1.165, 1.54) is 16.8 Å². The summed E-state index contributed by atoms with van der Waals surface area (Å²) in [5.74, 6) is 0.996. The lowest BCUT2D eigenvalue weighted by Crippen LogP contribution is -2.21. The van der Waals surface area contributed by atoms with Gasteiger partial charge in [0.05, 0.1) is 18.5 Å². The summed E-state index contributed by atoms with van der Waals surface area (Å²) in [5, 5.41) is 8.07. The van der Waals surface area contributed by atoms with E-state index in [0.29, 0.717) is 6.04 Å². The Hall–Kier alpha value is -1.55. The van der Waals surface area contributed by atoms with Crippen molar-refractivity contribution in [3.8, 4) is 11.1 Å². The number of hydrogen-bond acceptors (Lipinski definition) is 3. The summed E-state index contributed by atoms with van der Waals surface area (Å²) in [7, 11) is 2.02. The van der Waals surface area contributed by atoms with Crippen LogP contribution in [0, 0.1) is 0 Å². The average molecular weight is 275 g/mol. The maximum Gasteiger partial charge on any atom is 0.125 e. The van der Waals surface area contributed by atoms with Crippen LogP contribution in [0.25, 0.3) is 11.1 Å². The van der Waals surface area contributed by atoms with Gasteiger partial charge < -0.3 is 9.73 Å². The van der Waals surface area contributed by atoms with Crippen molar-refractivity contribution in [1.29, 1.82) is 0 Å². The molecule has 0 saturated heterocycles. The van der Waals surface area contributed by atoms with Crippen molar-refractivity contribution in [2.24, 2.45) is 7.05 Å². The Balaban J connectivity index is 2.43. The van der Waals surface area contributed by atoms with Crippen molar-refractivity contribution in [3.05, 3.63) is 29.5 Å². The molecule has 0 aromatic carbocycles. The molecule has 4 nitrogen and oxygen atoms in total. The van der Waals surface area contributed by atoms with Crippen molar-refractivity contribution in [3.63, 3.8) is 0 Å². The van der Waals surface area contributed by atoms with E-state index in [1.54, 1.807) is 6.26 Å². The lowest BCUT2D eigenvalue weighted by Gasteiger charge is -2.09. The van der Waals surface area contributed by atoms with Gasteiger partial charge in [-0.3, -0.25) is 4.68 Å². The molecular weight excluding hydrogens is 250 g/mol. The number of aryl methyl sites for hydroxylation is 2. The molecule has 0 bridgehead atoms. The predicted molar refractivity (Wildman–Crippen MR) is 81.6 cm³/mol. The van der Waals surface area contributed by atoms with Crippen LogP contribution in [0.1, 0.15) is 44.8 Å². The lowest BCUT2D eigenvalue weighted by atomic mass is 10.0. The molecule has 0 aliphatic heterocycles. The fourth-order valence-electron chi connectivity index (χ4n) is 2.58. The summed E-state index contributed by atoms with van der Waals surface area (Å²) in [6, 6.07) is 2.50. The van der Waals surface area contributed by atoms with Crippen LogP contribution in [0.3, 0.4) is 0 Å². The maximum absolute atomic E-state index is 5.68. The van der Waals surface area contributed by atoms with E-state index in [1.807, 2.05) is 11.7 Å². The van der Waals surface area contributed by atoms with Crippen LogP contribution in [0.2, 0.25) is 0 Å². The van der Waals surface area contributed by atoms with E-state index in [2.05, 4.69) is 44.2 Å². The third-order valence-electron chi connectivity index (χ3n) is 3.59. The fourth-order valence-corrected chi connectivity index (χ4v) is 2.58. The topological polar surface area (TPSA) is 43.0 Å². The molecule has 20 heavy (non-hydrogen) atoms. The van der Waals surface area contributed by atoms with Crippen molar-refractivity contribution < 1.29 is 4.42 Å². The smallest absolute Gasteiger partial charge is 0.125 e. The van der Waals surface area contributed by atoms with Gasteiger partial charge in [-0.05, 0) is 18.9 Å². The Kier molecular flexibility index (Phi) is 4.65. The Morgan fingerprint density at radius 3 is 2.65 bits per heavy atom. The Bertz CT molecular complexity index is 566. The van der Waals surface area contributed by atoms with Crippen LogP contribution in [0.15, 0.2) is 16.7 Å². The minimum Gasteiger partial charge on any atom is -0.467 e. The second-order valence-electron chi connectivity index (χ2n) is 5.39. The van der Waals surface area contributed by atoms with E-state index in [9.17, 15) is 0 Å². The number of furan rings is 1. The van der Waals surface area contributed by atoms with Gasteiger partial charge in [0.25, 0.3) is 0 Å².